The maximum Gasteiger partial charge on any atom is 0.0804 e. The Morgan fingerprint density at radius 2 is 2.20 bits per heavy atom. The predicted molar refractivity (Wildman–Crippen MR) is 81.3 cm³/mol. The van der Waals surface area contributed by atoms with E-state index in [9.17, 15) is 0 Å². The smallest absolute Gasteiger partial charge is 0.0804 e. The predicted octanol–water partition coefficient (Wildman–Crippen LogP) is 2.80. The van der Waals surface area contributed by atoms with Gasteiger partial charge in [-0.15, -0.1) is 5.10 Å². The van der Waals surface area contributed by atoms with E-state index >= 15 is 0 Å². The first-order chi connectivity index (χ1) is 9.85. The van der Waals surface area contributed by atoms with Crippen LogP contribution in [0.4, 0.5) is 0 Å². The van der Waals surface area contributed by atoms with Crippen molar-refractivity contribution in [2.75, 3.05) is 0 Å². The second kappa shape index (κ2) is 5.99. The number of hydrazine groups is 1. The van der Waals surface area contributed by atoms with Crippen LogP contribution in [0.5, 0.6) is 0 Å². The average Bonchev–Trinajstić information content (AvgIpc) is 3.14. The van der Waals surface area contributed by atoms with E-state index in [1.54, 1.807) is 0 Å². The summed E-state index contributed by atoms with van der Waals surface area (Å²) in [4.78, 5) is 1.22. The van der Waals surface area contributed by atoms with Crippen LogP contribution in [0.3, 0.4) is 0 Å². The van der Waals surface area contributed by atoms with Crippen LogP contribution in [-0.4, -0.2) is 9.59 Å². The minimum absolute atomic E-state index is 0.182. The van der Waals surface area contributed by atoms with Gasteiger partial charge in [-0.2, -0.15) is 0 Å². The van der Waals surface area contributed by atoms with Gasteiger partial charge >= 0.3 is 0 Å². The third kappa shape index (κ3) is 2.61. The van der Waals surface area contributed by atoms with Gasteiger partial charge < -0.3 is 0 Å². The molecule has 0 aliphatic heterocycles. The van der Waals surface area contributed by atoms with Crippen LogP contribution < -0.4 is 11.3 Å². The van der Waals surface area contributed by atoms with Crippen molar-refractivity contribution in [3.63, 3.8) is 0 Å². The van der Waals surface area contributed by atoms with Crippen molar-refractivity contribution in [3.05, 3.63) is 46.5 Å². The quantitative estimate of drug-likeness (QED) is 0.634. The van der Waals surface area contributed by atoms with Crippen LogP contribution in [0.15, 0.2) is 30.3 Å². The third-order valence-corrected chi connectivity index (χ3v) is 4.88. The fourth-order valence-electron chi connectivity index (χ4n) is 2.92. The van der Waals surface area contributed by atoms with E-state index in [0.29, 0.717) is 11.8 Å². The van der Waals surface area contributed by atoms with Crippen molar-refractivity contribution in [3.8, 4) is 0 Å². The largest absolute Gasteiger partial charge is 0.271 e. The number of rotatable bonds is 6. The molecule has 1 saturated carbocycles. The summed E-state index contributed by atoms with van der Waals surface area (Å²) in [6.07, 6.45) is 3.25. The van der Waals surface area contributed by atoms with E-state index in [2.05, 4.69) is 52.3 Å². The third-order valence-electron chi connectivity index (χ3n) is 4.03. The highest BCUT2D eigenvalue weighted by molar-refractivity contribution is 7.05. The maximum absolute atomic E-state index is 5.81. The first-order valence-corrected chi connectivity index (χ1v) is 7.94. The standard InChI is InChI=1S/C15H20N4S/c1-2-6-13-15(20-19-18-13)14(17-16)12-9-11(12)10-7-4-3-5-8-10/h3-5,7-8,11-12,14,17H,2,6,9,16H2,1H3. The zero-order valence-corrected chi connectivity index (χ0v) is 12.4. The molecule has 106 valence electrons. The topological polar surface area (TPSA) is 63.8 Å². The molecule has 0 saturated heterocycles. The van der Waals surface area contributed by atoms with Crippen LogP contribution in [0.1, 0.15) is 47.9 Å². The lowest BCUT2D eigenvalue weighted by Gasteiger charge is -2.15. The van der Waals surface area contributed by atoms with Gasteiger partial charge in [-0.25, -0.2) is 0 Å². The summed E-state index contributed by atoms with van der Waals surface area (Å²) in [5, 5.41) is 4.26. The molecular formula is C15H20N4S. The van der Waals surface area contributed by atoms with Crippen LogP contribution in [-0.2, 0) is 6.42 Å². The maximum atomic E-state index is 5.81. The fraction of sp³-hybridized carbons (Fsp3) is 0.467. The Bertz CT molecular complexity index is 554. The Balaban J connectivity index is 1.77. The molecule has 0 amide bonds. The van der Waals surface area contributed by atoms with Crippen LogP contribution in [0, 0.1) is 5.92 Å². The van der Waals surface area contributed by atoms with E-state index in [1.807, 2.05) is 0 Å². The van der Waals surface area contributed by atoms with Crippen molar-refractivity contribution in [2.24, 2.45) is 11.8 Å². The van der Waals surface area contributed by atoms with E-state index in [-0.39, 0.29) is 6.04 Å². The molecule has 1 aliphatic rings. The molecule has 1 fully saturated rings. The molecule has 1 aromatic heterocycles. The number of benzene rings is 1. The lowest BCUT2D eigenvalue weighted by Crippen LogP contribution is -2.30. The molecule has 0 radical (unpaired) electrons. The second-order valence-electron chi connectivity index (χ2n) is 5.39. The molecule has 2 aromatic rings. The zero-order chi connectivity index (χ0) is 13.9. The van der Waals surface area contributed by atoms with E-state index in [1.165, 1.54) is 28.4 Å². The summed E-state index contributed by atoms with van der Waals surface area (Å²) in [6, 6.07) is 10.9. The van der Waals surface area contributed by atoms with Gasteiger partial charge in [-0.1, -0.05) is 48.2 Å². The van der Waals surface area contributed by atoms with Gasteiger partial charge in [0.15, 0.2) is 0 Å². The molecule has 20 heavy (non-hydrogen) atoms. The lowest BCUT2D eigenvalue weighted by molar-refractivity contribution is 0.490. The minimum atomic E-state index is 0.182. The van der Waals surface area contributed by atoms with Crippen molar-refractivity contribution < 1.29 is 0 Å². The van der Waals surface area contributed by atoms with Crippen molar-refractivity contribution in [2.45, 2.75) is 38.1 Å². The lowest BCUT2D eigenvalue weighted by atomic mass is 10.0. The van der Waals surface area contributed by atoms with Gasteiger partial charge in [0, 0.05) is 0 Å². The Hall–Kier alpha value is -1.30. The summed E-state index contributed by atoms with van der Waals surface area (Å²) >= 11 is 1.48. The Labute approximate surface area is 123 Å². The molecule has 1 aromatic carbocycles. The fourth-order valence-corrected chi connectivity index (χ4v) is 3.75. The molecule has 0 spiro atoms. The highest BCUT2D eigenvalue weighted by atomic mass is 32.1. The van der Waals surface area contributed by atoms with Gasteiger partial charge in [0.25, 0.3) is 0 Å². The monoisotopic (exact) mass is 288 g/mol. The number of aromatic nitrogens is 2. The normalized spacial score (nSPS) is 22.7. The Kier molecular flexibility index (Phi) is 4.10. The minimum Gasteiger partial charge on any atom is -0.271 e. The molecule has 3 rings (SSSR count). The highest BCUT2D eigenvalue weighted by Crippen LogP contribution is 2.54. The van der Waals surface area contributed by atoms with Crippen molar-refractivity contribution in [1.29, 1.82) is 0 Å². The molecule has 3 N–H and O–H groups in total. The van der Waals surface area contributed by atoms with Gasteiger partial charge in [-0.05, 0) is 41.8 Å². The molecule has 1 heterocycles. The molecule has 3 atom stereocenters. The summed E-state index contributed by atoms with van der Waals surface area (Å²) in [6.45, 7) is 2.16. The average molecular weight is 288 g/mol. The van der Waals surface area contributed by atoms with E-state index in [0.717, 1.165) is 18.5 Å². The number of nitrogens with two attached hydrogens (primary N) is 1. The van der Waals surface area contributed by atoms with E-state index < -0.39 is 0 Å². The Morgan fingerprint density at radius 1 is 1.40 bits per heavy atom. The van der Waals surface area contributed by atoms with Gasteiger partial charge in [0.2, 0.25) is 0 Å². The Morgan fingerprint density at radius 3 is 2.90 bits per heavy atom. The molecular weight excluding hydrogens is 268 g/mol. The van der Waals surface area contributed by atoms with Crippen molar-refractivity contribution in [1.82, 2.24) is 15.0 Å². The van der Waals surface area contributed by atoms with Gasteiger partial charge in [0.1, 0.15) is 0 Å². The summed E-state index contributed by atoms with van der Waals surface area (Å²) < 4.78 is 4.11. The molecule has 0 bridgehead atoms. The van der Waals surface area contributed by atoms with Crippen LogP contribution >= 0.6 is 11.5 Å². The summed E-state index contributed by atoms with van der Waals surface area (Å²) in [5.74, 6) is 6.97. The number of hydrogen-bond donors (Lipinski definition) is 2. The highest BCUT2D eigenvalue weighted by Gasteiger charge is 2.45. The number of nitrogens with one attached hydrogen (secondary N) is 1. The first kappa shape index (κ1) is 13.7. The van der Waals surface area contributed by atoms with Crippen LogP contribution in [0.25, 0.3) is 0 Å². The van der Waals surface area contributed by atoms with E-state index in [4.69, 9.17) is 5.84 Å². The molecule has 4 nitrogen and oxygen atoms in total. The zero-order valence-electron chi connectivity index (χ0n) is 11.6. The molecule has 1 aliphatic carbocycles. The summed E-state index contributed by atoms with van der Waals surface area (Å²) in [5.41, 5.74) is 5.52. The SMILES string of the molecule is CCCc1nnsc1C(NN)C1CC1c1ccccc1. The molecule has 3 unspecified atom stereocenters. The molecule has 5 heteroatoms. The van der Waals surface area contributed by atoms with Gasteiger partial charge in [-0.3, -0.25) is 11.3 Å². The second-order valence-corrected chi connectivity index (χ2v) is 6.18. The summed E-state index contributed by atoms with van der Waals surface area (Å²) in [7, 11) is 0. The van der Waals surface area contributed by atoms with Gasteiger partial charge in [0.05, 0.1) is 16.6 Å². The van der Waals surface area contributed by atoms with Crippen molar-refractivity contribution >= 4 is 11.5 Å². The number of nitrogens with zero attached hydrogens (tertiary/aromatic N) is 2. The van der Waals surface area contributed by atoms with Crippen LogP contribution in [0.2, 0.25) is 0 Å². The number of hydrogen-bond acceptors (Lipinski definition) is 5. The number of aryl methyl sites for hydroxylation is 1. The first-order valence-electron chi connectivity index (χ1n) is 7.17.